The van der Waals surface area contributed by atoms with Crippen molar-refractivity contribution < 1.29 is 14.6 Å². The third-order valence-electron chi connectivity index (χ3n) is 3.72. The summed E-state index contributed by atoms with van der Waals surface area (Å²) in [4.78, 5) is 11.1. The number of carbonyl (C=O) groups excluding carboxylic acids is 1. The second-order valence-corrected chi connectivity index (χ2v) is 5.92. The van der Waals surface area contributed by atoms with E-state index in [1.165, 1.54) is 26.2 Å². The van der Waals surface area contributed by atoms with Gasteiger partial charge in [0.05, 0.1) is 0 Å². The Hall–Kier alpha value is -2.49. The fourth-order valence-electron chi connectivity index (χ4n) is 2.53. The number of carbonyl (C=O) groups is 1. The van der Waals surface area contributed by atoms with Crippen molar-refractivity contribution in [2.75, 3.05) is 5.32 Å². The van der Waals surface area contributed by atoms with Gasteiger partial charge in [-0.1, -0.05) is 38.3 Å². The number of aryl methyl sites for hydroxylation is 1. The zero-order chi connectivity index (χ0) is 17.4. The topological polar surface area (TPSA) is 58.6 Å². The molecule has 0 aliphatic rings. The van der Waals surface area contributed by atoms with Gasteiger partial charge in [-0.15, -0.1) is 0 Å². The first kappa shape index (κ1) is 17.9. The molecule has 0 atom stereocenters. The van der Waals surface area contributed by atoms with Crippen LogP contribution in [0.2, 0.25) is 0 Å². The molecule has 4 heteroatoms. The van der Waals surface area contributed by atoms with Gasteiger partial charge in [0, 0.05) is 18.7 Å². The maximum Gasteiger partial charge on any atom is 0.221 e. The summed E-state index contributed by atoms with van der Waals surface area (Å²) in [5.41, 5.74) is 1.77. The third-order valence-corrected chi connectivity index (χ3v) is 3.72. The molecule has 128 valence electrons. The lowest BCUT2D eigenvalue weighted by Gasteiger charge is -2.10. The lowest BCUT2D eigenvalue weighted by atomic mass is 10.1. The minimum Gasteiger partial charge on any atom is -0.504 e. The minimum atomic E-state index is -0.137. The molecule has 2 rings (SSSR count). The summed E-state index contributed by atoms with van der Waals surface area (Å²) in [6.45, 7) is 3.65. The van der Waals surface area contributed by atoms with Gasteiger partial charge in [0.25, 0.3) is 0 Å². The van der Waals surface area contributed by atoms with Crippen molar-refractivity contribution in [1.29, 1.82) is 0 Å². The summed E-state index contributed by atoms with van der Waals surface area (Å²) in [5, 5.41) is 12.9. The SMILES string of the molecule is CCCCCCc1ccc(Oc2cccc(NC(C)=O)c2)c(O)c1. The van der Waals surface area contributed by atoms with Crippen LogP contribution in [0.3, 0.4) is 0 Å². The number of unbranched alkanes of at least 4 members (excludes halogenated alkanes) is 3. The van der Waals surface area contributed by atoms with Crippen molar-refractivity contribution in [3.8, 4) is 17.2 Å². The van der Waals surface area contributed by atoms with Gasteiger partial charge in [-0.05, 0) is 42.7 Å². The van der Waals surface area contributed by atoms with Crippen molar-refractivity contribution in [1.82, 2.24) is 0 Å². The monoisotopic (exact) mass is 327 g/mol. The molecule has 24 heavy (non-hydrogen) atoms. The fourth-order valence-corrected chi connectivity index (χ4v) is 2.53. The molecule has 0 spiro atoms. The minimum absolute atomic E-state index is 0.132. The van der Waals surface area contributed by atoms with Crippen LogP contribution in [0.25, 0.3) is 0 Å². The molecule has 2 aromatic carbocycles. The van der Waals surface area contributed by atoms with Gasteiger partial charge in [0.1, 0.15) is 5.75 Å². The Morgan fingerprint density at radius 1 is 1.12 bits per heavy atom. The summed E-state index contributed by atoms with van der Waals surface area (Å²) >= 11 is 0. The van der Waals surface area contributed by atoms with Crippen LogP contribution in [-0.2, 0) is 11.2 Å². The second-order valence-electron chi connectivity index (χ2n) is 5.92. The summed E-state index contributed by atoms with van der Waals surface area (Å²) in [6, 6.07) is 12.6. The van der Waals surface area contributed by atoms with Crippen LogP contribution in [0, 0.1) is 0 Å². The number of aromatic hydroxyl groups is 1. The first-order chi connectivity index (χ1) is 11.6. The van der Waals surface area contributed by atoms with E-state index in [-0.39, 0.29) is 11.7 Å². The summed E-state index contributed by atoms with van der Waals surface area (Å²) < 4.78 is 5.73. The molecule has 0 saturated heterocycles. The van der Waals surface area contributed by atoms with Gasteiger partial charge in [-0.2, -0.15) is 0 Å². The highest BCUT2D eigenvalue weighted by Crippen LogP contribution is 2.32. The lowest BCUT2D eigenvalue weighted by molar-refractivity contribution is -0.114. The molecule has 2 N–H and O–H groups in total. The molecule has 0 fully saturated rings. The first-order valence-corrected chi connectivity index (χ1v) is 8.46. The van der Waals surface area contributed by atoms with E-state index in [9.17, 15) is 9.90 Å². The van der Waals surface area contributed by atoms with Gasteiger partial charge >= 0.3 is 0 Å². The molecule has 0 aromatic heterocycles. The predicted octanol–water partition coefficient (Wildman–Crippen LogP) is 5.27. The molecule has 0 saturated carbocycles. The fraction of sp³-hybridized carbons (Fsp3) is 0.350. The highest BCUT2D eigenvalue weighted by Gasteiger charge is 2.06. The van der Waals surface area contributed by atoms with Gasteiger partial charge in [-0.3, -0.25) is 4.79 Å². The first-order valence-electron chi connectivity index (χ1n) is 8.46. The highest BCUT2D eigenvalue weighted by atomic mass is 16.5. The van der Waals surface area contributed by atoms with Crippen molar-refractivity contribution in [3.05, 3.63) is 48.0 Å². The maximum atomic E-state index is 11.1. The molecule has 0 radical (unpaired) electrons. The van der Waals surface area contributed by atoms with Gasteiger partial charge < -0.3 is 15.2 Å². The van der Waals surface area contributed by atoms with E-state index in [2.05, 4.69) is 12.2 Å². The Morgan fingerprint density at radius 3 is 2.67 bits per heavy atom. The molecule has 0 aliphatic carbocycles. The van der Waals surface area contributed by atoms with Crippen molar-refractivity contribution in [2.24, 2.45) is 0 Å². The molecule has 0 heterocycles. The van der Waals surface area contributed by atoms with E-state index in [1.807, 2.05) is 6.07 Å². The average molecular weight is 327 g/mol. The number of phenolic OH excluding ortho intramolecular Hbond substituents is 1. The Labute approximate surface area is 143 Å². The number of ether oxygens (including phenoxy) is 1. The number of rotatable bonds is 8. The van der Waals surface area contributed by atoms with E-state index in [1.54, 1.807) is 36.4 Å². The molecule has 1 amide bonds. The van der Waals surface area contributed by atoms with Crippen molar-refractivity contribution in [2.45, 2.75) is 46.0 Å². The quantitative estimate of drug-likeness (QED) is 0.650. The summed E-state index contributed by atoms with van der Waals surface area (Å²) in [6.07, 6.45) is 5.77. The molecule has 0 aliphatic heterocycles. The van der Waals surface area contributed by atoms with Crippen LogP contribution < -0.4 is 10.1 Å². The molecule has 0 unspecified atom stereocenters. The summed E-state index contributed by atoms with van der Waals surface area (Å²) in [7, 11) is 0. The predicted molar refractivity (Wildman–Crippen MR) is 96.8 cm³/mol. The van der Waals surface area contributed by atoms with Gasteiger partial charge in [0.15, 0.2) is 11.5 Å². The van der Waals surface area contributed by atoms with E-state index in [4.69, 9.17) is 4.74 Å². The van der Waals surface area contributed by atoms with Crippen LogP contribution in [0.5, 0.6) is 17.2 Å². The normalized spacial score (nSPS) is 10.4. The number of amides is 1. The summed E-state index contributed by atoms with van der Waals surface area (Å²) in [5.74, 6) is 0.967. The molecular formula is C20H25NO3. The zero-order valence-electron chi connectivity index (χ0n) is 14.3. The third kappa shape index (κ3) is 5.61. The number of phenols is 1. The van der Waals surface area contributed by atoms with Crippen molar-refractivity contribution in [3.63, 3.8) is 0 Å². The number of hydrogen-bond acceptors (Lipinski definition) is 3. The average Bonchev–Trinajstić information content (AvgIpc) is 2.54. The van der Waals surface area contributed by atoms with E-state index in [0.29, 0.717) is 17.2 Å². The van der Waals surface area contributed by atoms with Crippen LogP contribution in [0.15, 0.2) is 42.5 Å². The number of nitrogens with one attached hydrogen (secondary N) is 1. The van der Waals surface area contributed by atoms with Crippen LogP contribution >= 0.6 is 0 Å². The zero-order valence-corrected chi connectivity index (χ0v) is 14.3. The Balaban J connectivity index is 2.01. The highest BCUT2D eigenvalue weighted by molar-refractivity contribution is 5.88. The second kappa shape index (κ2) is 8.96. The molecular weight excluding hydrogens is 302 g/mol. The molecule has 2 aromatic rings. The van der Waals surface area contributed by atoms with Crippen LogP contribution in [0.1, 0.15) is 45.1 Å². The molecule has 0 bridgehead atoms. The number of benzene rings is 2. The van der Waals surface area contributed by atoms with Gasteiger partial charge in [-0.25, -0.2) is 0 Å². The van der Waals surface area contributed by atoms with E-state index < -0.39 is 0 Å². The number of hydrogen-bond donors (Lipinski definition) is 2. The van der Waals surface area contributed by atoms with E-state index >= 15 is 0 Å². The smallest absolute Gasteiger partial charge is 0.221 e. The Morgan fingerprint density at radius 2 is 1.96 bits per heavy atom. The van der Waals surface area contributed by atoms with Crippen LogP contribution in [0.4, 0.5) is 5.69 Å². The van der Waals surface area contributed by atoms with E-state index in [0.717, 1.165) is 18.4 Å². The Bertz CT molecular complexity index is 682. The standard InChI is InChI=1S/C20H25NO3/c1-3-4-5-6-8-16-11-12-20(19(23)13-16)24-18-10-7-9-17(14-18)21-15(2)22/h7,9-14,23H,3-6,8H2,1-2H3,(H,21,22). The number of anilines is 1. The lowest BCUT2D eigenvalue weighted by Crippen LogP contribution is -2.05. The maximum absolute atomic E-state index is 11.1. The van der Waals surface area contributed by atoms with Crippen molar-refractivity contribution >= 4 is 11.6 Å². The van der Waals surface area contributed by atoms with Gasteiger partial charge in [0.2, 0.25) is 5.91 Å². The van der Waals surface area contributed by atoms with Crippen LogP contribution in [-0.4, -0.2) is 11.0 Å². The largest absolute Gasteiger partial charge is 0.504 e. The molecule has 4 nitrogen and oxygen atoms in total. The Kier molecular flexibility index (Phi) is 6.67.